The summed E-state index contributed by atoms with van der Waals surface area (Å²) in [6.45, 7) is 6.38. The van der Waals surface area contributed by atoms with E-state index in [2.05, 4.69) is 52.2 Å². The molecule has 0 saturated carbocycles. The summed E-state index contributed by atoms with van der Waals surface area (Å²) in [7, 11) is -1.41. The Morgan fingerprint density at radius 2 is 1.56 bits per heavy atom. The number of benzene rings is 2. The minimum absolute atomic E-state index is 0.0783. The molecule has 2 aromatic carbocycles. The maximum atomic E-state index is 11.2. The number of carboxylic acids is 2. The molecular weight excluding hydrogens is 454 g/mol. The average Bonchev–Trinajstić information content (AvgIpc) is 2.78. The molecule has 178 valence electrons. The van der Waals surface area contributed by atoms with Gasteiger partial charge in [-0.25, -0.2) is 0 Å². The van der Waals surface area contributed by atoms with E-state index < -0.39 is 33.1 Å². The molecule has 0 radical (unpaired) electrons. The van der Waals surface area contributed by atoms with Crippen molar-refractivity contribution >= 4 is 25.2 Å². The lowest BCUT2D eigenvalue weighted by Gasteiger charge is -2.21. The third-order valence-electron chi connectivity index (χ3n) is 5.06. The van der Waals surface area contributed by atoms with Gasteiger partial charge in [-0.15, -0.1) is 20.4 Å². The fourth-order valence-corrected chi connectivity index (χ4v) is 4.50. The van der Waals surface area contributed by atoms with Gasteiger partial charge >= 0.3 is 11.9 Å². The van der Waals surface area contributed by atoms with Gasteiger partial charge in [0, 0.05) is 17.7 Å². The molecule has 0 aliphatic rings. The highest BCUT2D eigenvalue weighted by molar-refractivity contribution is 6.88. The van der Waals surface area contributed by atoms with E-state index in [1.165, 1.54) is 16.4 Å². The number of aliphatic carboxylic acids is 2. The van der Waals surface area contributed by atoms with Gasteiger partial charge in [0.2, 0.25) is 5.82 Å². The molecule has 2 N–H and O–H groups in total. The van der Waals surface area contributed by atoms with Crippen molar-refractivity contribution in [3.05, 3.63) is 59.9 Å². The molecule has 0 unspecified atom stereocenters. The van der Waals surface area contributed by atoms with Crippen LogP contribution in [0.3, 0.4) is 0 Å². The standard InChI is InChI=1S/C23H27N5O5Si/c1-34(2,3)19-8-4-16(5-9-19)14-33-20-10-17(23-26-24-15-25-27-23)6-7-18(20)11-28(12-21(29)30)13-22(31)32/h4-10,15H,11-14H2,1-3H3,(H,29,30)(H,31,32). The summed E-state index contributed by atoms with van der Waals surface area (Å²) in [4.78, 5) is 23.8. The average molecular weight is 482 g/mol. The zero-order chi connectivity index (χ0) is 24.7. The van der Waals surface area contributed by atoms with Gasteiger partial charge in [-0.3, -0.25) is 14.5 Å². The lowest BCUT2D eigenvalue weighted by Crippen LogP contribution is -2.37. The van der Waals surface area contributed by atoms with E-state index in [1.807, 2.05) is 12.1 Å². The highest BCUT2D eigenvalue weighted by Crippen LogP contribution is 2.27. The van der Waals surface area contributed by atoms with Crippen LogP contribution in [0.2, 0.25) is 19.6 Å². The van der Waals surface area contributed by atoms with Crippen LogP contribution < -0.4 is 9.92 Å². The van der Waals surface area contributed by atoms with Crippen LogP contribution in [0.25, 0.3) is 11.4 Å². The van der Waals surface area contributed by atoms with Crippen LogP contribution in [-0.2, 0) is 22.7 Å². The molecule has 0 fully saturated rings. The second kappa shape index (κ2) is 10.9. The van der Waals surface area contributed by atoms with Gasteiger partial charge in [-0.2, -0.15) is 0 Å². The first-order valence-corrected chi connectivity index (χ1v) is 14.1. The van der Waals surface area contributed by atoms with Crippen molar-refractivity contribution < 1.29 is 24.5 Å². The molecule has 1 heterocycles. The Morgan fingerprint density at radius 3 is 2.12 bits per heavy atom. The minimum Gasteiger partial charge on any atom is -0.489 e. The third-order valence-corrected chi connectivity index (χ3v) is 7.12. The summed E-state index contributed by atoms with van der Waals surface area (Å²) in [5.74, 6) is -1.44. The topological polar surface area (TPSA) is 139 Å². The maximum absolute atomic E-state index is 11.2. The number of hydrogen-bond acceptors (Lipinski definition) is 8. The first-order valence-electron chi connectivity index (χ1n) is 10.6. The minimum atomic E-state index is -1.41. The molecule has 0 saturated heterocycles. The van der Waals surface area contributed by atoms with Crippen LogP contribution in [0.4, 0.5) is 0 Å². The molecular formula is C23H27N5O5Si. The van der Waals surface area contributed by atoms with E-state index in [9.17, 15) is 19.8 Å². The monoisotopic (exact) mass is 481 g/mol. The van der Waals surface area contributed by atoms with E-state index in [0.717, 1.165) is 5.56 Å². The normalized spacial score (nSPS) is 11.4. The molecule has 3 rings (SSSR count). The molecule has 10 nitrogen and oxygen atoms in total. The zero-order valence-corrected chi connectivity index (χ0v) is 20.3. The predicted molar refractivity (Wildman–Crippen MR) is 127 cm³/mol. The highest BCUT2D eigenvalue weighted by atomic mass is 28.3. The Balaban J connectivity index is 1.88. The van der Waals surface area contributed by atoms with Crippen LogP contribution in [0, 0.1) is 0 Å². The maximum Gasteiger partial charge on any atom is 0.317 e. The number of rotatable bonds is 11. The number of nitrogens with zero attached hydrogens (tertiary/aromatic N) is 5. The summed E-state index contributed by atoms with van der Waals surface area (Å²) in [5.41, 5.74) is 2.24. The van der Waals surface area contributed by atoms with Crippen molar-refractivity contribution in [3.63, 3.8) is 0 Å². The van der Waals surface area contributed by atoms with Crippen molar-refractivity contribution in [1.82, 2.24) is 25.3 Å². The SMILES string of the molecule is C[Si](C)(C)c1ccc(COc2cc(-c3nncnn3)ccc2CN(CC(=O)O)CC(=O)O)cc1. The molecule has 0 aliphatic carbocycles. The summed E-state index contributed by atoms with van der Waals surface area (Å²) in [6, 6.07) is 13.5. The number of ether oxygens (including phenoxy) is 1. The van der Waals surface area contributed by atoms with Gasteiger partial charge in [0.15, 0.2) is 6.33 Å². The molecule has 0 aliphatic heterocycles. The van der Waals surface area contributed by atoms with Gasteiger partial charge < -0.3 is 14.9 Å². The van der Waals surface area contributed by atoms with Crippen LogP contribution in [0.5, 0.6) is 5.75 Å². The molecule has 0 bridgehead atoms. The molecule has 3 aromatic rings. The van der Waals surface area contributed by atoms with Crippen molar-refractivity contribution in [1.29, 1.82) is 0 Å². The van der Waals surface area contributed by atoms with Gasteiger partial charge in [0.1, 0.15) is 12.4 Å². The molecule has 0 atom stereocenters. The Kier molecular flexibility index (Phi) is 8.02. The fourth-order valence-electron chi connectivity index (χ4n) is 3.33. The molecule has 0 amide bonds. The number of aromatic nitrogens is 4. The van der Waals surface area contributed by atoms with Crippen molar-refractivity contribution in [2.24, 2.45) is 0 Å². The van der Waals surface area contributed by atoms with E-state index in [0.29, 0.717) is 22.7 Å². The quantitative estimate of drug-likeness (QED) is 0.391. The molecule has 34 heavy (non-hydrogen) atoms. The summed E-state index contributed by atoms with van der Waals surface area (Å²) < 4.78 is 6.12. The first kappa shape index (κ1) is 24.9. The Hall–Kier alpha value is -3.70. The van der Waals surface area contributed by atoms with Gasteiger partial charge in [-0.1, -0.05) is 61.2 Å². The van der Waals surface area contributed by atoms with Crippen molar-refractivity contribution in [2.75, 3.05) is 13.1 Å². The summed E-state index contributed by atoms with van der Waals surface area (Å²) in [5, 5.41) is 35.1. The lowest BCUT2D eigenvalue weighted by molar-refractivity contribution is -0.142. The predicted octanol–water partition coefficient (Wildman–Crippen LogP) is 2.03. The van der Waals surface area contributed by atoms with Gasteiger partial charge in [0.25, 0.3) is 0 Å². The third kappa shape index (κ3) is 7.15. The Labute approximate surface area is 198 Å². The number of hydrogen-bond donors (Lipinski definition) is 2. The van der Waals surface area contributed by atoms with Crippen LogP contribution in [0.15, 0.2) is 48.8 Å². The van der Waals surface area contributed by atoms with Crippen LogP contribution in [-0.4, -0.2) is 68.6 Å². The zero-order valence-electron chi connectivity index (χ0n) is 19.3. The molecule has 0 spiro atoms. The number of carboxylic acid groups (broad SMARTS) is 2. The smallest absolute Gasteiger partial charge is 0.317 e. The summed E-state index contributed by atoms with van der Waals surface area (Å²) >= 11 is 0. The van der Waals surface area contributed by atoms with Gasteiger partial charge in [0.05, 0.1) is 21.2 Å². The lowest BCUT2D eigenvalue weighted by atomic mass is 10.1. The molecule has 11 heteroatoms. The largest absolute Gasteiger partial charge is 0.489 e. The van der Waals surface area contributed by atoms with Crippen LogP contribution in [0.1, 0.15) is 11.1 Å². The number of carbonyl (C=O) groups is 2. The fraction of sp³-hybridized carbons (Fsp3) is 0.304. The first-order chi connectivity index (χ1) is 16.1. The summed E-state index contributed by atoms with van der Waals surface area (Å²) in [6.07, 6.45) is 1.23. The Morgan fingerprint density at radius 1 is 0.941 bits per heavy atom. The van der Waals surface area contributed by atoms with Crippen LogP contribution >= 0.6 is 0 Å². The van der Waals surface area contributed by atoms with E-state index >= 15 is 0 Å². The van der Waals surface area contributed by atoms with Crippen molar-refractivity contribution in [2.45, 2.75) is 32.8 Å². The van der Waals surface area contributed by atoms with Crippen molar-refractivity contribution in [3.8, 4) is 17.1 Å². The second-order valence-corrected chi connectivity index (χ2v) is 13.9. The highest BCUT2D eigenvalue weighted by Gasteiger charge is 2.18. The van der Waals surface area contributed by atoms with E-state index in [4.69, 9.17) is 4.74 Å². The Bertz CT molecular complexity index is 1120. The van der Waals surface area contributed by atoms with Gasteiger partial charge in [-0.05, 0) is 11.6 Å². The van der Waals surface area contributed by atoms with E-state index in [1.54, 1.807) is 18.2 Å². The van der Waals surface area contributed by atoms with E-state index in [-0.39, 0.29) is 13.2 Å². The molecule has 1 aromatic heterocycles. The second-order valence-electron chi connectivity index (χ2n) is 8.86.